The molecule has 0 aliphatic carbocycles. The molecule has 0 fully saturated rings. The molecule has 0 unspecified atom stereocenters. The number of rotatable bonds is 5. The number of fused-ring (bicyclic) bond motifs is 1. The summed E-state index contributed by atoms with van der Waals surface area (Å²) in [6.45, 7) is 0.697. The van der Waals surface area contributed by atoms with E-state index in [0.717, 1.165) is 28.6 Å². The second-order valence-corrected chi connectivity index (χ2v) is 5.50. The summed E-state index contributed by atoms with van der Waals surface area (Å²) >= 11 is 6.05. The van der Waals surface area contributed by atoms with Crippen LogP contribution < -0.4 is 5.32 Å². The first-order valence-corrected chi connectivity index (χ1v) is 7.54. The number of nitro benzene ring substituents is 1. The minimum atomic E-state index is -0.396. The molecule has 1 aromatic heterocycles. The Morgan fingerprint density at radius 1 is 1.13 bits per heavy atom. The normalized spacial score (nSPS) is 10.7. The van der Waals surface area contributed by atoms with Gasteiger partial charge in [-0.3, -0.25) is 10.1 Å². The first-order valence-electron chi connectivity index (χ1n) is 7.16. The highest BCUT2D eigenvalue weighted by Crippen LogP contribution is 2.25. The highest BCUT2D eigenvalue weighted by atomic mass is 35.5. The number of aromatic nitrogens is 1. The molecule has 0 aliphatic rings. The van der Waals surface area contributed by atoms with Gasteiger partial charge in [0.15, 0.2) is 0 Å². The fraction of sp³-hybridized carbons (Fsp3) is 0.118. The molecule has 0 amide bonds. The molecule has 0 spiro atoms. The quantitative estimate of drug-likeness (QED) is 0.427. The van der Waals surface area contributed by atoms with Crippen molar-refractivity contribution in [2.45, 2.75) is 6.42 Å². The number of hydrogen-bond acceptors (Lipinski definition) is 4. The van der Waals surface area contributed by atoms with Crippen molar-refractivity contribution in [3.63, 3.8) is 0 Å². The van der Waals surface area contributed by atoms with Crippen LogP contribution >= 0.6 is 11.6 Å². The van der Waals surface area contributed by atoms with Crippen LogP contribution in [0, 0.1) is 10.1 Å². The van der Waals surface area contributed by atoms with Crippen molar-refractivity contribution in [2.24, 2.45) is 0 Å². The molecule has 116 valence electrons. The number of benzene rings is 2. The van der Waals surface area contributed by atoms with E-state index in [2.05, 4.69) is 10.3 Å². The molecule has 1 N–H and O–H groups in total. The number of para-hydroxylation sites is 1. The Morgan fingerprint density at radius 3 is 2.61 bits per heavy atom. The maximum absolute atomic E-state index is 10.6. The van der Waals surface area contributed by atoms with Crippen molar-refractivity contribution in [3.8, 4) is 0 Å². The molecule has 0 aliphatic heterocycles. The average molecular weight is 328 g/mol. The van der Waals surface area contributed by atoms with Gasteiger partial charge in [-0.25, -0.2) is 4.98 Å². The van der Waals surface area contributed by atoms with Gasteiger partial charge in [0.25, 0.3) is 5.69 Å². The van der Waals surface area contributed by atoms with Gasteiger partial charge in [-0.05, 0) is 24.1 Å². The van der Waals surface area contributed by atoms with Gasteiger partial charge in [-0.2, -0.15) is 0 Å². The Kier molecular flexibility index (Phi) is 4.39. The number of nitrogens with zero attached hydrogens (tertiary/aromatic N) is 2. The maximum Gasteiger partial charge on any atom is 0.269 e. The van der Waals surface area contributed by atoms with Crippen LogP contribution in [-0.2, 0) is 6.42 Å². The van der Waals surface area contributed by atoms with E-state index >= 15 is 0 Å². The number of pyridine rings is 1. The number of nitro groups is 1. The predicted molar refractivity (Wildman–Crippen MR) is 92.0 cm³/mol. The van der Waals surface area contributed by atoms with Gasteiger partial charge >= 0.3 is 0 Å². The van der Waals surface area contributed by atoms with Crippen molar-refractivity contribution >= 4 is 33.9 Å². The summed E-state index contributed by atoms with van der Waals surface area (Å²) < 4.78 is 0. The van der Waals surface area contributed by atoms with Crippen LogP contribution in [-0.4, -0.2) is 16.5 Å². The summed E-state index contributed by atoms with van der Waals surface area (Å²) in [5.74, 6) is 0. The summed E-state index contributed by atoms with van der Waals surface area (Å²) in [5, 5.41) is 15.5. The molecule has 0 bridgehead atoms. The van der Waals surface area contributed by atoms with Crippen LogP contribution in [0.15, 0.2) is 54.6 Å². The summed E-state index contributed by atoms with van der Waals surface area (Å²) in [6.07, 6.45) is 0.756. The first-order chi connectivity index (χ1) is 11.1. The highest BCUT2D eigenvalue weighted by molar-refractivity contribution is 6.30. The highest BCUT2D eigenvalue weighted by Gasteiger charge is 2.06. The summed E-state index contributed by atoms with van der Waals surface area (Å²) in [5.41, 5.74) is 2.92. The second-order valence-electron chi connectivity index (χ2n) is 5.11. The predicted octanol–water partition coefficient (Wildman–Crippen LogP) is 4.45. The number of halogens is 1. The van der Waals surface area contributed by atoms with E-state index in [9.17, 15) is 10.1 Å². The minimum absolute atomic E-state index is 0.105. The van der Waals surface area contributed by atoms with Crippen LogP contribution in [0.2, 0.25) is 5.15 Å². The van der Waals surface area contributed by atoms with Crippen LogP contribution in [0.5, 0.6) is 0 Å². The molecule has 3 rings (SSSR count). The number of non-ortho nitro benzene ring substituents is 1. The second kappa shape index (κ2) is 6.62. The third-order valence-corrected chi connectivity index (χ3v) is 3.75. The number of hydrogen-bond donors (Lipinski definition) is 1. The van der Waals surface area contributed by atoms with Crippen molar-refractivity contribution < 1.29 is 4.92 Å². The van der Waals surface area contributed by atoms with E-state index < -0.39 is 4.92 Å². The standard InChI is InChI=1S/C17H14ClN3O2/c18-17-11-16(14-3-1-2-4-15(14)20-17)19-10-9-12-5-7-13(8-6-12)21(22)23/h1-8,11H,9-10H2,(H,19,20). The molecular weight excluding hydrogens is 314 g/mol. The first kappa shape index (κ1) is 15.2. The smallest absolute Gasteiger partial charge is 0.269 e. The Bertz CT molecular complexity index is 850. The van der Waals surface area contributed by atoms with Gasteiger partial charge in [0, 0.05) is 29.8 Å². The van der Waals surface area contributed by atoms with Crippen molar-refractivity contribution in [1.29, 1.82) is 0 Å². The van der Waals surface area contributed by atoms with Crippen molar-refractivity contribution in [1.82, 2.24) is 4.98 Å². The molecule has 2 aromatic carbocycles. The fourth-order valence-electron chi connectivity index (χ4n) is 2.42. The molecule has 0 atom stereocenters. The third kappa shape index (κ3) is 3.57. The lowest BCUT2D eigenvalue weighted by Crippen LogP contribution is -2.05. The van der Waals surface area contributed by atoms with Gasteiger partial charge in [0.05, 0.1) is 10.4 Å². The molecule has 23 heavy (non-hydrogen) atoms. The third-order valence-electron chi connectivity index (χ3n) is 3.56. The van der Waals surface area contributed by atoms with E-state index in [1.54, 1.807) is 18.2 Å². The Morgan fingerprint density at radius 2 is 1.87 bits per heavy atom. The number of anilines is 1. The van der Waals surface area contributed by atoms with Gasteiger partial charge in [0.1, 0.15) is 5.15 Å². The topological polar surface area (TPSA) is 68.1 Å². The average Bonchev–Trinajstić information content (AvgIpc) is 2.55. The molecule has 0 saturated carbocycles. The molecule has 0 saturated heterocycles. The zero-order valence-corrected chi connectivity index (χ0v) is 13.0. The van der Waals surface area contributed by atoms with E-state index in [1.165, 1.54) is 12.1 Å². The van der Waals surface area contributed by atoms with Crippen LogP contribution in [0.3, 0.4) is 0 Å². The van der Waals surface area contributed by atoms with Crippen molar-refractivity contribution in [2.75, 3.05) is 11.9 Å². The Balaban J connectivity index is 1.70. The van der Waals surface area contributed by atoms with Gasteiger partial charge < -0.3 is 5.32 Å². The Labute approximate surface area is 138 Å². The largest absolute Gasteiger partial charge is 0.384 e. The number of nitrogens with one attached hydrogen (secondary N) is 1. The minimum Gasteiger partial charge on any atom is -0.384 e. The molecule has 0 radical (unpaired) electrons. The van der Waals surface area contributed by atoms with Gasteiger partial charge in [0.2, 0.25) is 0 Å². The van der Waals surface area contributed by atoms with E-state index in [0.29, 0.717) is 11.7 Å². The van der Waals surface area contributed by atoms with E-state index in [-0.39, 0.29) is 5.69 Å². The SMILES string of the molecule is O=[N+]([O-])c1ccc(CCNc2cc(Cl)nc3ccccc23)cc1. The molecule has 1 heterocycles. The lowest BCUT2D eigenvalue weighted by Gasteiger charge is -2.10. The van der Waals surface area contributed by atoms with Gasteiger partial charge in [-0.15, -0.1) is 0 Å². The fourth-order valence-corrected chi connectivity index (χ4v) is 2.62. The van der Waals surface area contributed by atoms with E-state index in [4.69, 9.17) is 11.6 Å². The lowest BCUT2D eigenvalue weighted by molar-refractivity contribution is -0.384. The zero-order chi connectivity index (χ0) is 16.2. The Hall–Kier alpha value is -2.66. The molecule has 6 heteroatoms. The molecular formula is C17H14ClN3O2. The van der Waals surface area contributed by atoms with Gasteiger partial charge in [-0.1, -0.05) is 41.9 Å². The lowest BCUT2D eigenvalue weighted by atomic mass is 10.1. The summed E-state index contributed by atoms with van der Waals surface area (Å²) in [7, 11) is 0. The van der Waals surface area contributed by atoms with E-state index in [1.807, 2.05) is 24.3 Å². The zero-order valence-electron chi connectivity index (χ0n) is 12.2. The van der Waals surface area contributed by atoms with Crippen LogP contribution in [0.1, 0.15) is 5.56 Å². The van der Waals surface area contributed by atoms with Crippen LogP contribution in [0.4, 0.5) is 11.4 Å². The van der Waals surface area contributed by atoms with Crippen LogP contribution in [0.25, 0.3) is 10.9 Å². The maximum atomic E-state index is 10.6. The summed E-state index contributed by atoms with van der Waals surface area (Å²) in [4.78, 5) is 14.5. The molecule has 3 aromatic rings. The molecule has 5 nitrogen and oxygen atoms in total. The summed E-state index contributed by atoms with van der Waals surface area (Å²) in [6, 6.07) is 16.2. The van der Waals surface area contributed by atoms with Crippen molar-refractivity contribution in [3.05, 3.63) is 75.4 Å². The monoisotopic (exact) mass is 327 g/mol.